The standard InChI is InChI=1S/C10H13FO2/c1-7(12)9-5-8(6-13-2)3-4-10(9)11/h3-5,7,12H,6H2,1-2H3. The minimum absolute atomic E-state index is 0.314. The Kier molecular flexibility index (Phi) is 3.39. The molecule has 0 aliphatic rings. The Morgan fingerprint density at radius 3 is 2.77 bits per heavy atom. The molecule has 0 saturated heterocycles. The van der Waals surface area contributed by atoms with Crippen LogP contribution in [-0.4, -0.2) is 12.2 Å². The zero-order valence-corrected chi connectivity index (χ0v) is 7.75. The van der Waals surface area contributed by atoms with Crippen LogP contribution >= 0.6 is 0 Å². The highest BCUT2D eigenvalue weighted by Crippen LogP contribution is 2.18. The Morgan fingerprint density at radius 2 is 2.23 bits per heavy atom. The first-order valence-electron chi connectivity index (χ1n) is 4.10. The summed E-state index contributed by atoms with van der Waals surface area (Å²) < 4.78 is 18.0. The highest BCUT2D eigenvalue weighted by Gasteiger charge is 2.08. The van der Waals surface area contributed by atoms with E-state index in [1.807, 2.05) is 0 Å². The molecule has 0 aromatic heterocycles. The second-order valence-electron chi connectivity index (χ2n) is 2.96. The average molecular weight is 184 g/mol. The fourth-order valence-electron chi connectivity index (χ4n) is 1.17. The van der Waals surface area contributed by atoms with E-state index in [1.165, 1.54) is 13.0 Å². The molecule has 0 amide bonds. The summed E-state index contributed by atoms with van der Waals surface area (Å²) in [5, 5.41) is 9.22. The fourth-order valence-corrected chi connectivity index (χ4v) is 1.17. The highest BCUT2D eigenvalue weighted by molar-refractivity contribution is 5.26. The van der Waals surface area contributed by atoms with E-state index in [9.17, 15) is 9.50 Å². The van der Waals surface area contributed by atoms with Gasteiger partial charge in [0.2, 0.25) is 0 Å². The second-order valence-corrected chi connectivity index (χ2v) is 2.96. The molecular formula is C10H13FO2. The summed E-state index contributed by atoms with van der Waals surface area (Å²) in [6.07, 6.45) is -0.781. The van der Waals surface area contributed by atoms with Crippen molar-refractivity contribution in [2.45, 2.75) is 19.6 Å². The molecule has 1 rings (SSSR count). The van der Waals surface area contributed by atoms with Crippen molar-refractivity contribution in [3.63, 3.8) is 0 Å². The minimum atomic E-state index is -0.781. The van der Waals surface area contributed by atoms with Crippen LogP contribution in [0.1, 0.15) is 24.2 Å². The molecule has 1 aromatic rings. The Hall–Kier alpha value is -0.930. The molecule has 2 nitrogen and oxygen atoms in total. The molecule has 1 N–H and O–H groups in total. The van der Waals surface area contributed by atoms with Gasteiger partial charge in [-0.3, -0.25) is 0 Å². The van der Waals surface area contributed by atoms with Gasteiger partial charge >= 0.3 is 0 Å². The maximum atomic E-state index is 13.1. The van der Waals surface area contributed by atoms with Gasteiger partial charge in [-0.25, -0.2) is 4.39 Å². The second kappa shape index (κ2) is 4.35. The number of rotatable bonds is 3. The third-order valence-electron chi connectivity index (χ3n) is 1.82. The molecule has 1 atom stereocenters. The van der Waals surface area contributed by atoms with Crippen LogP contribution < -0.4 is 0 Å². The van der Waals surface area contributed by atoms with Gasteiger partial charge in [-0.2, -0.15) is 0 Å². The molecule has 0 fully saturated rings. The van der Waals surface area contributed by atoms with Crippen LogP contribution in [0.3, 0.4) is 0 Å². The molecule has 13 heavy (non-hydrogen) atoms. The number of hydrogen-bond acceptors (Lipinski definition) is 2. The van der Waals surface area contributed by atoms with Crippen LogP contribution in [0.15, 0.2) is 18.2 Å². The number of methoxy groups -OCH3 is 1. The lowest BCUT2D eigenvalue weighted by Crippen LogP contribution is -1.98. The van der Waals surface area contributed by atoms with E-state index in [0.717, 1.165) is 5.56 Å². The van der Waals surface area contributed by atoms with E-state index in [4.69, 9.17) is 4.74 Å². The first kappa shape index (κ1) is 10.2. The maximum Gasteiger partial charge on any atom is 0.129 e. The first-order valence-corrected chi connectivity index (χ1v) is 4.10. The zero-order chi connectivity index (χ0) is 9.84. The molecule has 0 radical (unpaired) electrons. The predicted octanol–water partition coefficient (Wildman–Crippen LogP) is 2.03. The lowest BCUT2D eigenvalue weighted by atomic mass is 10.1. The maximum absolute atomic E-state index is 13.1. The molecule has 0 aliphatic heterocycles. The summed E-state index contributed by atoms with van der Waals surface area (Å²) in [7, 11) is 1.57. The smallest absolute Gasteiger partial charge is 0.129 e. The van der Waals surface area contributed by atoms with Gasteiger partial charge in [-0.1, -0.05) is 6.07 Å². The van der Waals surface area contributed by atoms with Crippen LogP contribution in [0.4, 0.5) is 4.39 Å². The summed E-state index contributed by atoms with van der Waals surface area (Å²) in [5.74, 6) is -0.380. The number of halogens is 1. The van der Waals surface area contributed by atoms with Crippen LogP contribution in [0, 0.1) is 5.82 Å². The molecule has 0 spiro atoms. The van der Waals surface area contributed by atoms with Gasteiger partial charge in [-0.15, -0.1) is 0 Å². The lowest BCUT2D eigenvalue weighted by Gasteiger charge is -2.08. The van der Waals surface area contributed by atoms with Crippen LogP contribution in [0.2, 0.25) is 0 Å². The van der Waals surface area contributed by atoms with E-state index in [0.29, 0.717) is 12.2 Å². The van der Waals surface area contributed by atoms with E-state index in [2.05, 4.69) is 0 Å². The van der Waals surface area contributed by atoms with Gasteiger partial charge in [0.15, 0.2) is 0 Å². The molecule has 0 aliphatic carbocycles. The van der Waals surface area contributed by atoms with Gasteiger partial charge in [0, 0.05) is 12.7 Å². The van der Waals surface area contributed by atoms with E-state index < -0.39 is 6.10 Å². The van der Waals surface area contributed by atoms with Crippen molar-refractivity contribution in [3.05, 3.63) is 35.1 Å². The van der Waals surface area contributed by atoms with Gasteiger partial charge in [0.1, 0.15) is 5.82 Å². The number of ether oxygens (including phenoxy) is 1. The van der Waals surface area contributed by atoms with Crippen LogP contribution in [0.25, 0.3) is 0 Å². The molecule has 3 heteroatoms. The predicted molar refractivity (Wildman–Crippen MR) is 47.7 cm³/mol. The van der Waals surface area contributed by atoms with Crippen molar-refractivity contribution in [3.8, 4) is 0 Å². The third-order valence-corrected chi connectivity index (χ3v) is 1.82. The van der Waals surface area contributed by atoms with Crippen LogP contribution in [0.5, 0.6) is 0 Å². The summed E-state index contributed by atoms with van der Waals surface area (Å²) in [4.78, 5) is 0. The van der Waals surface area contributed by atoms with Crippen molar-refractivity contribution in [2.24, 2.45) is 0 Å². The topological polar surface area (TPSA) is 29.5 Å². The van der Waals surface area contributed by atoms with Crippen molar-refractivity contribution < 1.29 is 14.2 Å². The van der Waals surface area contributed by atoms with Crippen molar-refractivity contribution in [2.75, 3.05) is 7.11 Å². The summed E-state index contributed by atoms with van der Waals surface area (Å²) in [6, 6.07) is 4.60. The molecule has 1 unspecified atom stereocenters. The number of benzene rings is 1. The zero-order valence-electron chi connectivity index (χ0n) is 7.75. The Bertz CT molecular complexity index is 284. The number of hydrogen-bond donors (Lipinski definition) is 1. The van der Waals surface area contributed by atoms with E-state index >= 15 is 0 Å². The SMILES string of the molecule is COCc1ccc(F)c(C(C)O)c1. The largest absolute Gasteiger partial charge is 0.389 e. The number of aliphatic hydroxyl groups excluding tert-OH is 1. The van der Waals surface area contributed by atoms with Crippen molar-refractivity contribution >= 4 is 0 Å². The van der Waals surface area contributed by atoms with Crippen molar-refractivity contribution in [1.82, 2.24) is 0 Å². The summed E-state index contributed by atoms with van der Waals surface area (Å²) in [6.45, 7) is 1.97. The highest BCUT2D eigenvalue weighted by atomic mass is 19.1. The normalized spacial score (nSPS) is 12.9. The molecule has 0 bridgehead atoms. The molecule has 1 aromatic carbocycles. The number of aliphatic hydroxyl groups is 1. The van der Waals surface area contributed by atoms with Gasteiger partial charge in [0.25, 0.3) is 0 Å². The van der Waals surface area contributed by atoms with Gasteiger partial charge < -0.3 is 9.84 Å². The van der Waals surface area contributed by atoms with Crippen LogP contribution in [-0.2, 0) is 11.3 Å². The molecule has 0 saturated carbocycles. The van der Waals surface area contributed by atoms with Gasteiger partial charge in [0.05, 0.1) is 12.7 Å². The Morgan fingerprint density at radius 1 is 1.54 bits per heavy atom. The van der Waals surface area contributed by atoms with Crippen molar-refractivity contribution in [1.29, 1.82) is 0 Å². The quantitative estimate of drug-likeness (QED) is 0.778. The minimum Gasteiger partial charge on any atom is -0.389 e. The fraction of sp³-hybridized carbons (Fsp3) is 0.400. The Labute approximate surface area is 77.0 Å². The van der Waals surface area contributed by atoms with Gasteiger partial charge in [-0.05, 0) is 24.6 Å². The molecule has 0 heterocycles. The monoisotopic (exact) mass is 184 g/mol. The molecule has 72 valence electrons. The Balaban J connectivity index is 2.97. The average Bonchev–Trinajstić information content (AvgIpc) is 2.08. The van der Waals surface area contributed by atoms with E-state index in [-0.39, 0.29) is 5.82 Å². The first-order chi connectivity index (χ1) is 6.15. The lowest BCUT2D eigenvalue weighted by molar-refractivity contribution is 0.181. The summed E-state index contributed by atoms with van der Waals surface area (Å²) in [5.41, 5.74) is 1.18. The van der Waals surface area contributed by atoms with E-state index in [1.54, 1.807) is 19.2 Å². The summed E-state index contributed by atoms with van der Waals surface area (Å²) >= 11 is 0. The molecular weight excluding hydrogens is 171 g/mol. The third kappa shape index (κ3) is 2.50.